The van der Waals surface area contributed by atoms with Crippen LogP contribution in [0.3, 0.4) is 0 Å². The van der Waals surface area contributed by atoms with Gasteiger partial charge in [0.05, 0.1) is 17.1 Å². The molecule has 2 rings (SSSR count). The van der Waals surface area contributed by atoms with E-state index < -0.39 is 14.9 Å². The van der Waals surface area contributed by atoms with E-state index in [1.165, 1.54) is 11.8 Å². The fraction of sp³-hybridized carbons (Fsp3) is 0.368. The van der Waals surface area contributed by atoms with Crippen LogP contribution in [0.25, 0.3) is 11.3 Å². The molecule has 0 radical (unpaired) electrons. The van der Waals surface area contributed by atoms with Crippen LogP contribution in [0.2, 0.25) is 5.02 Å². The first-order chi connectivity index (χ1) is 15.1. The third kappa shape index (κ3) is 8.83. The van der Waals surface area contributed by atoms with Crippen molar-refractivity contribution in [1.29, 1.82) is 5.26 Å². The normalized spacial score (nSPS) is 11.8. The Morgan fingerprint density at radius 1 is 1.12 bits per heavy atom. The van der Waals surface area contributed by atoms with Crippen LogP contribution in [0, 0.1) is 11.3 Å². The second-order valence-corrected chi connectivity index (χ2v) is 10.1. The molecule has 0 bridgehead atoms. The number of nitrogens with two attached hydrogens (primary N) is 1. The summed E-state index contributed by atoms with van der Waals surface area (Å²) in [6, 6.07) is 8.95. The zero-order valence-corrected chi connectivity index (χ0v) is 20.9. The highest BCUT2D eigenvalue weighted by molar-refractivity contribution is 7.99. The second kappa shape index (κ2) is 12.1. The lowest BCUT2D eigenvalue weighted by Crippen LogP contribution is -2.54. The molecule has 2 N–H and O–H groups in total. The molecule has 0 saturated heterocycles. The summed E-state index contributed by atoms with van der Waals surface area (Å²) in [5.74, 6) is 0.269. The fourth-order valence-corrected chi connectivity index (χ4v) is 6.01. The van der Waals surface area contributed by atoms with Crippen molar-refractivity contribution >= 4 is 43.5 Å². The maximum atomic E-state index is 13.7. The highest BCUT2D eigenvalue weighted by Gasteiger charge is 2.40. The molecule has 182 valence electrons. The van der Waals surface area contributed by atoms with Crippen molar-refractivity contribution < 1.29 is 40.7 Å². The maximum Gasteiger partial charge on any atom is 0.673 e. The van der Waals surface area contributed by atoms with Gasteiger partial charge in [-0.1, -0.05) is 11.6 Å². The monoisotopic (exact) mass is 528 g/mol. The molecule has 14 heteroatoms. The first-order valence-electron chi connectivity index (χ1n) is 9.47. The van der Waals surface area contributed by atoms with Crippen LogP contribution in [-0.2, 0) is 13.6 Å². The minimum Gasteiger partial charge on any atom is -0.418 e. The van der Waals surface area contributed by atoms with Gasteiger partial charge in [0.15, 0.2) is 11.1 Å². The summed E-state index contributed by atoms with van der Waals surface area (Å²) in [6.45, 7) is 6.98. The first-order valence-corrected chi connectivity index (χ1v) is 12.6. The molecule has 0 aliphatic carbocycles. The summed E-state index contributed by atoms with van der Waals surface area (Å²) in [6.07, 6.45) is 0.986. The van der Waals surface area contributed by atoms with Gasteiger partial charge in [-0.2, -0.15) is 5.26 Å². The first kappa shape index (κ1) is 29.3. The molecule has 1 aromatic carbocycles. The van der Waals surface area contributed by atoms with E-state index in [9.17, 15) is 27.1 Å². The molecule has 0 aliphatic heterocycles. The van der Waals surface area contributed by atoms with Gasteiger partial charge in [-0.05, 0) is 58.2 Å². The van der Waals surface area contributed by atoms with Gasteiger partial charge in [0.2, 0.25) is 0 Å². The molecule has 0 unspecified atom stereocenters. The molecule has 2 aromatic rings. The minimum atomic E-state index is -6.00. The van der Waals surface area contributed by atoms with Crippen LogP contribution >= 0.6 is 31.0 Å². The van der Waals surface area contributed by atoms with Crippen LogP contribution < -0.4 is 16.3 Å². The van der Waals surface area contributed by atoms with Crippen molar-refractivity contribution in [2.75, 3.05) is 6.26 Å². The van der Waals surface area contributed by atoms with Crippen LogP contribution in [-0.4, -0.2) is 25.7 Å². The molecule has 1 aromatic heterocycles. The predicted octanol–water partition coefficient (Wildman–Crippen LogP) is 4.82. The van der Waals surface area contributed by atoms with Crippen LogP contribution in [0.4, 0.5) is 17.3 Å². The Balaban J connectivity index is 0.000000981. The number of hydrogen-bond donors (Lipinski definition) is 1. The Labute approximate surface area is 198 Å². The Kier molecular flexibility index (Phi) is 10.7. The standard InChI is InChI=1S/C19H22ClN2O4PS.BF4/c1-11(2)25-27(23,26-12(3)4)17-18(28-5)15(10-21)16(24-19(17)22)13-6-8-14(20)9-7-13;2-1(3,4)5/h6-9,11-12,22H,1-5H3;/q;-1/p+1. The Hall–Kier alpha value is -1.77. The van der Waals surface area contributed by atoms with E-state index in [1.807, 2.05) is 0 Å². The third-order valence-electron chi connectivity index (χ3n) is 3.51. The topological polar surface area (TPSA) is 98.1 Å². The SMILES string of the molecule is CSc1c(C#N)c(-c2ccc(Cl)cc2)oc(=[NH2+])c1P(=O)(OC(C)C)OC(C)C.F[B-](F)(F)F. The third-order valence-corrected chi connectivity index (χ3v) is 7.12. The van der Waals surface area contributed by atoms with Gasteiger partial charge in [-0.15, -0.1) is 11.8 Å². The summed E-state index contributed by atoms with van der Waals surface area (Å²) in [7, 11) is -9.85. The van der Waals surface area contributed by atoms with Crippen molar-refractivity contribution in [1.82, 2.24) is 0 Å². The van der Waals surface area contributed by atoms with E-state index in [-0.39, 0.29) is 34.4 Å². The van der Waals surface area contributed by atoms with E-state index in [1.54, 1.807) is 58.2 Å². The van der Waals surface area contributed by atoms with Gasteiger partial charge < -0.3 is 30.7 Å². The number of benzene rings is 1. The Morgan fingerprint density at radius 3 is 1.94 bits per heavy atom. The zero-order chi connectivity index (χ0) is 25.6. The van der Waals surface area contributed by atoms with Crippen molar-refractivity contribution in [2.45, 2.75) is 44.8 Å². The van der Waals surface area contributed by atoms with Crippen LogP contribution in [0.5, 0.6) is 0 Å². The average Bonchev–Trinajstić information content (AvgIpc) is 2.64. The molecule has 0 atom stereocenters. The lowest BCUT2D eigenvalue weighted by molar-refractivity contribution is -0.196. The fourth-order valence-electron chi connectivity index (χ4n) is 2.59. The molecular formula is C19H23BClF4N2O4PS. The van der Waals surface area contributed by atoms with Crippen molar-refractivity contribution in [2.24, 2.45) is 0 Å². The number of rotatable bonds is 7. The van der Waals surface area contributed by atoms with E-state index in [0.29, 0.717) is 15.5 Å². The molecule has 6 nitrogen and oxygen atoms in total. The summed E-state index contributed by atoms with van der Waals surface area (Å²) < 4.78 is 69.8. The predicted molar refractivity (Wildman–Crippen MR) is 121 cm³/mol. The average molecular weight is 529 g/mol. The van der Waals surface area contributed by atoms with Gasteiger partial charge in [-0.25, -0.2) is 5.41 Å². The summed E-state index contributed by atoms with van der Waals surface area (Å²) in [5.41, 5.74) is 0.718. The smallest absolute Gasteiger partial charge is 0.418 e. The lowest BCUT2D eigenvalue weighted by atomic mass is 10.1. The van der Waals surface area contributed by atoms with Crippen LogP contribution in [0.15, 0.2) is 33.6 Å². The number of nitrogens with zero attached hydrogens (tertiary/aromatic N) is 1. The van der Waals surface area contributed by atoms with Crippen LogP contribution in [0.1, 0.15) is 33.3 Å². The number of hydrogen-bond acceptors (Lipinski definition) is 6. The minimum absolute atomic E-state index is 0.0802. The molecule has 0 aliphatic rings. The quantitative estimate of drug-likeness (QED) is 0.239. The molecule has 0 saturated carbocycles. The summed E-state index contributed by atoms with van der Waals surface area (Å²) in [4.78, 5) is 0.404. The number of nitriles is 1. The molecule has 0 amide bonds. The summed E-state index contributed by atoms with van der Waals surface area (Å²) >= 11 is 7.18. The Bertz CT molecular complexity index is 1090. The molecule has 1 heterocycles. The largest absolute Gasteiger partial charge is 0.673 e. The van der Waals surface area contributed by atoms with Gasteiger partial charge in [0.1, 0.15) is 11.6 Å². The molecule has 0 spiro atoms. The van der Waals surface area contributed by atoms with E-state index >= 15 is 0 Å². The zero-order valence-electron chi connectivity index (χ0n) is 18.4. The second-order valence-electron chi connectivity index (χ2n) is 6.97. The number of halogens is 5. The molecule has 33 heavy (non-hydrogen) atoms. The highest BCUT2D eigenvalue weighted by atomic mass is 35.5. The molecular weight excluding hydrogens is 506 g/mol. The van der Waals surface area contributed by atoms with Crippen molar-refractivity contribution in [3.63, 3.8) is 0 Å². The van der Waals surface area contributed by atoms with Gasteiger partial charge in [0.25, 0.3) is 0 Å². The van der Waals surface area contributed by atoms with Crippen molar-refractivity contribution in [3.8, 4) is 17.4 Å². The van der Waals surface area contributed by atoms with E-state index in [4.69, 9.17) is 30.5 Å². The van der Waals surface area contributed by atoms with Gasteiger partial charge in [-0.3, -0.25) is 4.57 Å². The van der Waals surface area contributed by atoms with Gasteiger partial charge in [0, 0.05) is 10.6 Å². The lowest BCUT2D eigenvalue weighted by Gasteiger charge is -2.23. The van der Waals surface area contributed by atoms with Gasteiger partial charge >= 0.3 is 20.4 Å². The van der Waals surface area contributed by atoms with Crippen molar-refractivity contribution in [3.05, 3.63) is 40.4 Å². The number of thioether (sulfide) groups is 1. The van der Waals surface area contributed by atoms with E-state index in [2.05, 4.69) is 6.07 Å². The van der Waals surface area contributed by atoms with E-state index in [0.717, 1.165) is 0 Å². The summed E-state index contributed by atoms with van der Waals surface area (Å²) in [5, 5.41) is 16.6. The molecule has 0 fully saturated rings. The highest BCUT2D eigenvalue weighted by Crippen LogP contribution is 2.51. The maximum absolute atomic E-state index is 13.7. The Morgan fingerprint density at radius 2 is 1.58 bits per heavy atom.